The number of pyridine rings is 1. The van der Waals surface area contributed by atoms with E-state index in [0.717, 1.165) is 11.1 Å². The maximum Gasteiger partial charge on any atom is 0.213 e. The quantitative estimate of drug-likeness (QED) is 0.896. The van der Waals surface area contributed by atoms with Crippen LogP contribution in [0.2, 0.25) is 10.0 Å². The van der Waals surface area contributed by atoms with Crippen molar-refractivity contribution in [3.8, 4) is 5.88 Å². The zero-order chi connectivity index (χ0) is 14.5. The summed E-state index contributed by atoms with van der Waals surface area (Å²) < 4.78 is 5.10. The van der Waals surface area contributed by atoms with Crippen molar-refractivity contribution >= 4 is 23.2 Å². The summed E-state index contributed by atoms with van der Waals surface area (Å²) in [6.45, 7) is 2.77. The molecule has 1 N–H and O–H groups in total. The Hall–Kier alpha value is -1.29. The molecule has 0 amide bonds. The summed E-state index contributed by atoms with van der Waals surface area (Å²) in [5, 5.41) is 4.73. The van der Waals surface area contributed by atoms with Gasteiger partial charge in [0.1, 0.15) is 0 Å². The van der Waals surface area contributed by atoms with Crippen LogP contribution in [0.5, 0.6) is 5.88 Å². The Balaban J connectivity index is 2.02. The highest BCUT2D eigenvalue weighted by atomic mass is 35.5. The molecule has 0 spiro atoms. The molecular formula is C15H16Cl2N2O. The predicted octanol–water partition coefficient (Wildman–Crippen LogP) is 4.25. The van der Waals surface area contributed by atoms with Gasteiger partial charge in [-0.05, 0) is 36.2 Å². The van der Waals surface area contributed by atoms with Crippen molar-refractivity contribution in [2.45, 2.75) is 19.5 Å². The molecule has 1 unspecified atom stereocenters. The minimum Gasteiger partial charge on any atom is -0.481 e. The lowest BCUT2D eigenvalue weighted by atomic mass is 10.1. The molecule has 1 aromatic carbocycles. The van der Waals surface area contributed by atoms with Crippen molar-refractivity contribution in [2.24, 2.45) is 0 Å². The number of hydrogen-bond donors (Lipinski definition) is 1. The number of rotatable bonds is 5. The zero-order valence-corrected chi connectivity index (χ0v) is 12.9. The van der Waals surface area contributed by atoms with Crippen molar-refractivity contribution in [3.05, 3.63) is 57.7 Å². The number of nitrogens with zero attached hydrogens (tertiary/aromatic N) is 1. The standard InChI is InChI=1S/C15H16Cl2N2O/c1-10(13-4-3-12(16)8-14(13)17)19-9-11-5-6-18-15(7-11)20-2/h3-8,10,19H,9H2,1-2H3. The second kappa shape index (κ2) is 6.93. The molecule has 20 heavy (non-hydrogen) atoms. The SMILES string of the molecule is COc1cc(CNC(C)c2ccc(Cl)cc2Cl)ccn1. The van der Waals surface area contributed by atoms with E-state index < -0.39 is 0 Å². The van der Waals surface area contributed by atoms with E-state index in [0.29, 0.717) is 22.5 Å². The zero-order valence-electron chi connectivity index (χ0n) is 11.4. The maximum atomic E-state index is 6.20. The monoisotopic (exact) mass is 310 g/mol. The molecule has 0 aliphatic carbocycles. The van der Waals surface area contributed by atoms with Gasteiger partial charge >= 0.3 is 0 Å². The Labute approximate surface area is 128 Å². The molecule has 0 radical (unpaired) electrons. The molecule has 3 nitrogen and oxygen atoms in total. The highest BCUT2D eigenvalue weighted by Crippen LogP contribution is 2.26. The molecule has 2 rings (SSSR count). The van der Waals surface area contributed by atoms with Crippen LogP contribution in [0.3, 0.4) is 0 Å². The van der Waals surface area contributed by atoms with Gasteiger partial charge in [-0.25, -0.2) is 4.98 Å². The molecular weight excluding hydrogens is 295 g/mol. The van der Waals surface area contributed by atoms with Crippen molar-refractivity contribution in [3.63, 3.8) is 0 Å². The van der Waals surface area contributed by atoms with Gasteiger partial charge in [-0.15, -0.1) is 0 Å². The molecule has 106 valence electrons. The average Bonchev–Trinajstić information content (AvgIpc) is 2.45. The maximum absolute atomic E-state index is 6.20. The van der Waals surface area contributed by atoms with E-state index in [1.807, 2.05) is 24.3 Å². The Morgan fingerprint density at radius 3 is 2.75 bits per heavy atom. The Kier molecular flexibility index (Phi) is 5.24. The third-order valence-corrected chi connectivity index (χ3v) is 3.61. The van der Waals surface area contributed by atoms with E-state index in [1.54, 1.807) is 19.4 Å². The molecule has 0 saturated carbocycles. The van der Waals surface area contributed by atoms with Crippen LogP contribution < -0.4 is 10.1 Å². The molecule has 1 aromatic heterocycles. The lowest BCUT2D eigenvalue weighted by Crippen LogP contribution is -2.18. The van der Waals surface area contributed by atoms with Crippen LogP contribution in [0.25, 0.3) is 0 Å². The van der Waals surface area contributed by atoms with E-state index in [-0.39, 0.29) is 6.04 Å². The highest BCUT2D eigenvalue weighted by Gasteiger charge is 2.09. The van der Waals surface area contributed by atoms with Gasteiger partial charge in [0.25, 0.3) is 0 Å². The average molecular weight is 311 g/mol. The number of methoxy groups -OCH3 is 1. The van der Waals surface area contributed by atoms with Crippen LogP contribution in [-0.2, 0) is 6.54 Å². The van der Waals surface area contributed by atoms with E-state index in [9.17, 15) is 0 Å². The Morgan fingerprint density at radius 2 is 2.05 bits per heavy atom. The smallest absolute Gasteiger partial charge is 0.213 e. The van der Waals surface area contributed by atoms with E-state index in [1.165, 1.54) is 0 Å². The van der Waals surface area contributed by atoms with Gasteiger partial charge in [0, 0.05) is 34.9 Å². The fourth-order valence-electron chi connectivity index (χ4n) is 1.91. The molecule has 1 heterocycles. The first-order valence-electron chi connectivity index (χ1n) is 6.27. The normalized spacial score (nSPS) is 12.2. The first-order chi connectivity index (χ1) is 9.60. The molecule has 0 bridgehead atoms. The van der Waals surface area contributed by atoms with Crippen LogP contribution in [0.1, 0.15) is 24.1 Å². The largest absolute Gasteiger partial charge is 0.481 e. The molecule has 0 fully saturated rings. The molecule has 5 heteroatoms. The van der Waals surface area contributed by atoms with Crippen LogP contribution in [0.15, 0.2) is 36.5 Å². The van der Waals surface area contributed by atoms with Gasteiger partial charge in [-0.2, -0.15) is 0 Å². The predicted molar refractivity (Wildman–Crippen MR) is 82.5 cm³/mol. The van der Waals surface area contributed by atoms with Crippen LogP contribution in [-0.4, -0.2) is 12.1 Å². The lowest BCUT2D eigenvalue weighted by molar-refractivity contribution is 0.397. The first-order valence-corrected chi connectivity index (χ1v) is 7.03. The van der Waals surface area contributed by atoms with Crippen molar-refractivity contribution in [2.75, 3.05) is 7.11 Å². The third-order valence-electron chi connectivity index (χ3n) is 3.05. The fraction of sp³-hybridized carbons (Fsp3) is 0.267. The van der Waals surface area contributed by atoms with Gasteiger partial charge in [0.2, 0.25) is 5.88 Å². The molecule has 2 aromatic rings. The summed E-state index contributed by atoms with van der Waals surface area (Å²) >= 11 is 12.1. The number of benzene rings is 1. The van der Waals surface area contributed by atoms with Gasteiger partial charge in [-0.1, -0.05) is 29.3 Å². The highest BCUT2D eigenvalue weighted by molar-refractivity contribution is 6.35. The Morgan fingerprint density at radius 1 is 1.25 bits per heavy atom. The minimum atomic E-state index is 0.124. The second-order valence-corrected chi connectivity index (χ2v) is 5.32. The summed E-state index contributed by atoms with van der Waals surface area (Å²) in [5.41, 5.74) is 2.13. The number of hydrogen-bond acceptors (Lipinski definition) is 3. The Bertz CT molecular complexity index is 590. The summed E-state index contributed by atoms with van der Waals surface area (Å²) in [5.74, 6) is 0.612. The van der Waals surface area contributed by atoms with Crippen LogP contribution >= 0.6 is 23.2 Å². The van der Waals surface area contributed by atoms with Crippen molar-refractivity contribution < 1.29 is 4.74 Å². The first kappa shape index (κ1) is 15.1. The second-order valence-electron chi connectivity index (χ2n) is 4.47. The third kappa shape index (κ3) is 3.85. The minimum absolute atomic E-state index is 0.124. The van der Waals surface area contributed by atoms with Gasteiger partial charge in [0.15, 0.2) is 0 Å². The fourth-order valence-corrected chi connectivity index (χ4v) is 2.48. The lowest BCUT2D eigenvalue weighted by Gasteiger charge is -2.16. The molecule has 0 aliphatic rings. The number of aromatic nitrogens is 1. The summed E-state index contributed by atoms with van der Waals surface area (Å²) in [4.78, 5) is 4.08. The number of nitrogens with one attached hydrogen (secondary N) is 1. The van der Waals surface area contributed by atoms with Crippen LogP contribution in [0.4, 0.5) is 0 Å². The molecule has 1 atom stereocenters. The summed E-state index contributed by atoms with van der Waals surface area (Å²) in [6.07, 6.45) is 1.73. The van der Waals surface area contributed by atoms with E-state index in [2.05, 4.69) is 17.2 Å². The summed E-state index contributed by atoms with van der Waals surface area (Å²) in [6, 6.07) is 9.52. The molecule has 0 saturated heterocycles. The number of ether oxygens (including phenoxy) is 1. The summed E-state index contributed by atoms with van der Waals surface area (Å²) in [7, 11) is 1.61. The number of halogens is 2. The topological polar surface area (TPSA) is 34.1 Å². The van der Waals surface area contributed by atoms with E-state index >= 15 is 0 Å². The van der Waals surface area contributed by atoms with Gasteiger partial charge < -0.3 is 10.1 Å². The van der Waals surface area contributed by atoms with Crippen molar-refractivity contribution in [1.82, 2.24) is 10.3 Å². The van der Waals surface area contributed by atoms with Crippen molar-refractivity contribution in [1.29, 1.82) is 0 Å². The molecule has 0 aliphatic heterocycles. The van der Waals surface area contributed by atoms with Gasteiger partial charge in [0.05, 0.1) is 7.11 Å². The van der Waals surface area contributed by atoms with E-state index in [4.69, 9.17) is 27.9 Å². The van der Waals surface area contributed by atoms with Gasteiger partial charge in [-0.3, -0.25) is 0 Å². The van der Waals surface area contributed by atoms with Crippen LogP contribution in [0, 0.1) is 0 Å².